The number of methoxy groups -OCH3 is 1. The van der Waals surface area contributed by atoms with Crippen LogP contribution >= 0.6 is 24.0 Å². The third kappa shape index (κ3) is 5.10. The van der Waals surface area contributed by atoms with Gasteiger partial charge in [0.15, 0.2) is 0 Å². The average molecular weight is 460 g/mol. The molecule has 0 aliphatic carbocycles. The van der Waals surface area contributed by atoms with Crippen LogP contribution in [0.2, 0.25) is 5.02 Å². The van der Waals surface area contributed by atoms with Gasteiger partial charge in [0.1, 0.15) is 11.5 Å². The Hall–Kier alpha value is -1.34. The van der Waals surface area contributed by atoms with Gasteiger partial charge in [-0.3, -0.25) is 4.79 Å². The second-order valence-electron chi connectivity index (χ2n) is 7.96. The SMILES string of the molecule is COCCCCn1c(C(=O)N(C(C)C)[C@@H]2CCCNC2)c(Cl)c2cccc(F)c21.Cl. The van der Waals surface area contributed by atoms with Crippen molar-refractivity contribution >= 4 is 40.8 Å². The van der Waals surface area contributed by atoms with Crippen LogP contribution in [0.3, 0.4) is 0 Å². The minimum absolute atomic E-state index is 0. The summed E-state index contributed by atoms with van der Waals surface area (Å²) in [5.41, 5.74) is 0.798. The fraction of sp³-hybridized carbons (Fsp3) is 0.591. The monoisotopic (exact) mass is 459 g/mol. The van der Waals surface area contributed by atoms with Gasteiger partial charge in [0.25, 0.3) is 5.91 Å². The van der Waals surface area contributed by atoms with Gasteiger partial charge in [-0.2, -0.15) is 0 Å². The van der Waals surface area contributed by atoms with Crippen LogP contribution in [0.5, 0.6) is 0 Å². The minimum Gasteiger partial charge on any atom is -0.385 e. The predicted molar refractivity (Wildman–Crippen MR) is 122 cm³/mol. The van der Waals surface area contributed by atoms with Crippen LogP contribution in [0.4, 0.5) is 4.39 Å². The second-order valence-corrected chi connectivity index (χ2v) is 8.33. The van der Waals surface area contributed by atoms with Gasteiger partial charge in [0, 0.05) is 44.3 Å². The number of piperidine rings is 1. The highest BCUT2D eigenvalue weighted by Gasteiger charge is 2.33. The quantitative estimate of drug-likeness (QED) is 0.571. The van der Waals surface area contributed by atoms with E-state index in [1.165, 1.54) is 6.07 Å². The van der Waals surface area contributed by atoms with E-state index in [2.05, 4.69) is 5.32 Å². The first-order chi connectivity index (χ1) is 14.0. The van der Waals surface area contributed by atoms with Crippen molar-refractivity contribution in [2.24, 2.45) is 0 Å². The van der Waals surface area contributed by atoms with Gasteiger partial charge in [-0.1, -0.05) is 23.7 Å². The third-order valence-electron chi connectivity index (χ3n) is 5.61. The number of halogens is 3. The summed E-state index contributed by atoms with van der Waals surface area (Å²) in [7, 11) is 1.66. The first kappa shape index (κ1) is 24.9. The molecular weight excluding hydrogens is 428 g/mol. The maximum atomic E-state index is 14.8. The number of ether oxygens (including phenoxy) is 1. The number of aromatic nitrogens is 1. The molecule has 1 fully saturated rings. The lowest BCUT2D eigenvalue weighted by atomic mass is 10.0. The molecule has 0 unspecified atom stereocenters. The van der Waals surface area contributed by atoms with E-state index in [0.29, 0.717) is 34.8 Å². The van der Waals surface area contributed by atoms with Crippen LogP contribution in [0.1, 0.15) is 50.0 Å². The Morgan fingerprint density at radius 2 is 2.17 bits per heavy atom. The molecule has 1 atom stereocenters. The molecule has 1 saturated heterocycles. The zero-order valence-electron chi connectivity index (χ0n) is 17.9. The van der Waals surface area contributed by atoms with E-state index in [0.717, 1.165) is 38.8 Å². The summed E-state index contributed by atoms with van der Waals surface area (Å²) < 4.78 is 21.7. The van der Waals surface area contributed by atoms with Crippen molar-refractivity contribution in [1.29, 1.82) is 0 Å². The number of rotatable bonds is 8. The highest BCUT2D eigenvalue weighted by molar-refractivity contribution is 6.38. The van der Waals surface area contributed by atoms with E-state index in [9.17, 15) is 9.18 Å². The van der Waals surface area contributed by atoms with Gasteiger partial charge in [-0.05, 0) is 52.1 Å². The molecular formula is C22H32Cl2FN3O2. The van der Waals surface area contributed by atoms with Gasteiger partial charge in [0.05, 0.1) is 10.5 Å². The summed E-state index contributed by atoms with van der Waals surface area (Å²) in [6, 6.07) is 4.97. The Bertz CT molecular complexity index is 851. The van der Waals surface area contributed by atoms with Crippen molar-refractivity contribution in [2.75, 3.05) is 26.8 Å². The maximum absolute atomic E-state index is 14.8. The lowest BCUT2D eigenvalue weighted by Gasteiger charge is -2.38. The van der Waals surface area contributed by atoms with Crippen molar-refractivity contribution in [3.8, 4) is 0 Å². The summed E-state index contributed by atoms with van der Waals surface area (Å²) in [5, 5.41) is 4.31. The molecule has 30 heavy (non-hydrogen) atoms. The van der Waals surface area contributed by atoms with Crippen LogP contribution in [-0.2, 0) is 11.3 Å². The number of aryl methyl sites for hydroxylation is 1. The third-order valence-corrected chi connectivity index (χ3v) is 5.99. The molecule has 1 N–H and O–H groups in total. The smallest absolute Gasteiger partial charge is 0.272 e. The van der Waals surface area contributed by atoms with Crippen LogP contribution in [0.15, 0.2) is 18.2 Å². The summed E-state index contributed by atoms with van der Waals surface area (Å²) in [6.45, 7) is 6.93. The summed E-state index contributed by atoms with van der Waals surface area (Å²) >= 11 is 6.68. The molecule has 1 amide bonds. The Morgan fingerprint density at radius 3 is 2.80 bits per heavy atom. The Kier molecular flexibility index (Phi) is 9.41. The van der Waals surface area contributed by atoms with Crippen molar-refractivity contribution in [3.05, 3.63) is 34.7 Å². The first-order valence-corrected chi connectivity index (χ1v) is 10.8. The number of hydrogen-bond donors (Lipinski definition) is 1. The van der Waals surface area contributed by atoms with E-state index < -0.39 is 0 Å². The van der Waals surface area contributed by atoms with Gasteiger partial charge in [0.2, 0.25) is 0 Å². The fourth-order valence-electron chi connectivity index (χ4n) is 4.29. The highest BCUT2D eigenvalue weighted by Crippen LogP contribution is 2.34. The molecule has 2 aromatic rings. The van der Waals surface area contributed by atoms with Crippen molar-refractivity contribution < 1.29 is 13.9 Å². The topological polar surface area (TPSA) is 46.5 Å². The molecule has 1 aromatic heterocycles. The van der Waals surface area contributed by atoms with Crippen molar-refractivity contribution in [3.63, 3.8) is 0 Å². The van der Waals surface area contributed by atoms with Crippen LogP contribution in [0.25, 0.3) is 10.9 Å². The zero-order valence-corrected chi connectivity index (χ0v) is 19.5. The average Bonchev–Trinajstić information content (AvgIpc) is 2.99. The lowest BCUT2D eigenvalue weighted by molar-refractivity contribution is 0.0562. The largest absolute Gasteiger partial charge is 0.385 e. The fourth-order valence-corrected chi connectivity index (χ4v) is 4.62. The van der Waals surface area contributed by atoms with Gasteiger partial charge < -0.3 is 19.5 Å². The highest BCUT2D eigenvalue weighted by atomic mass is 35.5. The van der Waals surface area contributed by atoms with Gasteiger partial charge in [-0.15, -0.1) is 12.4 Å². The minimum atomic E-state index is -0.356. The van der Waals surface area contributed by atoms with Gasteiger partial charge >= 0.3 is 0 Å². The number of carbonyl (C=O) groups excluding carboxylic acids is 1. The Labute approximate surface area is 189 Å². The predicted octanol–water partition coefficient (Wildman–Crippen LogP) is 4.88. The first-order valence-electron chi connectivity index (χ1n) is 10.5. The van der Waals surface area contributed by atoms with E-state index in [4.69, 9.17) is 16.3 Å². The number of nitrogens with one attached hydrogen (secondary N) is 1. The summed E-state index contributed by atoms with van der Waals surface area (Å²) in [4.78, 5) is 15.7. The number of fused-ring (bicyclic) bond motifs is 1. The van der Waals surface area contributed by atoms with E-state index in [-0.39, 0.29) is 36.2 Å². The molecule has 1 aromatic carbocycles. The second kappa shape index (κ2) is 11.3. The number of hydrogen-bond acceptors (Lipinski definition) is 3. The number of amides is 1. The number of para-hydroxylation sites is 1. The molecule has 0 saturated carbocycles. The standard InChI is InChI=1S/C22H31ClFN3O2.ClH/c1-15(2)27(16-8-7-11-25-14-16)22(28)21-19(23)17-9-6-10-18(24)20(17)26(21)12-4-5-13-29-3;/h6,9-10,15-16,25H,4-5,7-8,11-14H2,1-3H3;1H/t16-;/m1./s1. The molecule has 1 aliphatic rings. The van der Waals surface area contributed by atoms with Crippen LogP contribution < -0.4 is 5.32 Å². The number of unbranched alkanes of at least 4 members (excludes halogenated alkanes) is 1. The lowest BCUT2D eigenvalue weighted by Crippen LogP contribution is -2.52. The van der Waals surface area contributed by atoms with Crippen LogP contribution in [-0.4, -0.2) is 54.3 Å². The molecule has 168 valence electrons. The Balaban J connectivity index is 0.00000320. The molecule has 8 heteroatoms. The molecule has 0 bridgehead atoms. The van der Waals surface area contributed by atoms with E-state index in [1.54, 1.807) is 23.8 Å². The number of benzene rings is 1. The van der Waals surface area contributed by atoms with E-state index >= 15 is 0 Å². The van der Waals surface area contributed by atoms with Crippen molar-refractivity contribution in [1.82, 2.24) is 14.8 Å². The normalized spacial score (nSPS) is 16.7. The molecule has 0 spiro atoms. The summed E-state index contributed by atoms with van der Waals surface area (Å²) in [6.07, 6.45) is 3.59. The zero-order chi connectivity index (χ0) is 21.0. The van der Waals surface area contributed by atoms with Crippen LogP contribution in [0, 0.1) is 5.82 Å². The molecule has 0 radical (unpaired) electrons. The Morgan fingerprint density at radius 1 is 1.40 bits per heavy atom. The van der Waals surface area contributed by atoms with E-state index in [1.807, 2.05) is 18.7 Å². The van der Waals surface area contributed by atoms with Gasteiger partial charge in [-0.25, -0.2) is 4.39 Å². The summed E-state index contributed by atoms with van der Waals surface area (Å²) in [5.74, 6) is -0.480. The molecule has 3 rings (SSSR count). The van der Waals surface area contributed by atoms with Crippen molar-refractivity contribution in [2.45, 2.75) is 58.2 Å². The molecule has 1 aliphatic heterocycles. The number of carbonyl (C=O) groups is 1. The number of nitrogens with zero attached hydrogens (tertiary/aromatic N) is 2. The molecule has 2 heterocycles. The maximum Gasteiger partial charge on any atom is 0.272 e. The molecule has 5 nitrogen and oxygen atoms in total.